The summed E-state index contributed by atoms with van der Waals surface area (Å²) in [5.41, 5.74) is 10.1. The molecule has 2 atom stereocenters. The number of carbonyl (C=O) groups is 2. The van der Waals surface area contributed by atoms with Crippen LogP contribution in [0.15, 0.2) is 84.0 Å². The molecule has 4 aliphatic rings. The minimum Gasteiger partial charge on any atom is -0.466 e. The van der Waals surface area contributed by atoms with Gasteiger partial charge in [0.05, 0.1) is 13.2 Å². The number of ether oxygens (including phenoxy) is 2. The van der Waals surface area contributed by atoms with Crippen LogP contribution in [0.2, 0.25) is 0 Å². The van der Waals surface area contributed by atoms with Gasteiger partial charge in [-0.2, -0.15) is 0 Å². The number of benzene rings is 2. The van der Waals surface area contributed by atoms with Crippen LogP contribution in [0.4, 0.5) is 0 Å². The molecule has 4 aliphatic carbocycles. The average molecular weight is 563 g/mol. The molecule has 0 amide bonds. The molecule has 0 aliphatic heterocycles. The van der Waals surface area contributed by atoms with Crippen LogP contribution in [0, 0.1) is 0 Å². The van der Waals surface area contributed by atoms with Gasteiger partial charge in [0.25, 0.3) is 0 Å². The topological polar surface area (TPSA) is 52.6 Å². The van der Waals surface area contributed by atoms with E-state index in [1.165, 1.54) is 44.5 Å². The maximum absolute atomic E-state index is 12.8. The molecule has 0 N–H and O–H groups in total. The molecule has 0 radical (unpaired) electrons. The molecule has 0 heterocycles. The average Bonchev–Trinajstić information content (AvgIpc) is 3.47. The summed E-state index contributed by atoms with van der Waals surface area (Å²) >= 11 is 0. The van der Waals surface area contributed by atoms with E-state index in [4.69, 9.17) is 9.47 Å². The number of rotatable bonds is 11. The summed E-state index contributed by atoms with van der Waals surface area (Å²) in [6.07, 6.45) is 17.7. The zero-order valence-electron chi connectivity index (χ0n) is 25.0. The van der Waals surface area contributed by atoms with Crippen LogP contribution in [0.5, 0.6) is 0 Å². The van der Waals surface area contributed by atoms with Crippen molar-refractivity contribution in [2.24, 2.45) is 0 Å². The van der Waals surface area contributed by atoms with Crippen molar-refractivity contribution in [1.82, 2.24) is 0 Å². The lowest BCUT2D eigenvalue weighted by Crippen LogP contribution is -2.34. The Kier molecular flexibility index (Phi) is 8.07. The van der Waals surface area contributed by atoms with E-state index in [1.54, 1.807) is 0 Å². The maximum atomic E-state index is 12.8. The van der Waals surface area contributed by atoms with Crippen LogP contribution in [0.3, 0.4) is 0 Å². The minimum absolute atomic E-state index is 0.133. The van der Waals surface area contributed by atoms with Gasteiger partial charge in [-0.1, -0.05) is 72.8 Å². The first-order chi connectivity index (χ1) is 20.5. The Bertz CT molecular complexity index is 1390. The van der Waals surface area contributed by atoms with E-state index in [1.807, 2.05) is 13.8 Å². The Labute approximate surface area is 250 Å². The van der Waals surface area contributed by atoms with Crippen molar-refractivity contribution in [2.45, 2.75) is 88.9 Å². The van der Waals surface area contributed by atoms with Crippen LogP contribution in [0.1, 0.15) is 100 Å². The summed E-state index contributed by atoms with van der Waals surface area (Å²) in [4.78, 5) is 25.6. The van der Waals surface area contributed by atoms with Gasteiger partial charge in [-0.05, 0) is 110 Å². The van der Waals surface area contributed by atoms with Gasteiger partial charge < -0.3 is 9.47 Å². The Balaban J connectivity index is 1.45. The molecule has 0 spiro atoms. The fraction of sp³-hybridized carbons (Fsp3) is 0.421. The van der Waals surface area contributed by atoms with Crippen LogP contribution in [0.25, 0.3) is 11.1 Å². The van der Waals surface area contributed by atoms with Crippen molar-refractivity contribution in [2.75, 3.05) is 13.2 Å². The Morgan fingerprint density at radius 1 is 0.595 bits per heavy atom. The molecule has 2 unspecified atom stereocenters. The first-order valence-electron chi connectivity index (χ1n) is 15.9. The van der Waals surface area contributed by atoms with Gasteiger partial charge in [-0.15, -0.1) is 0 Å². The predicted octanol–water partition coefficient (Wildman–Crippen LogP) is 8.56. The van der Waals surface area contributed by atoms with Crippen molar-refractivity contribution in [1.29, 1.82) is 0 Å². The second kappa shape index (κ2) is 11.9. The fourth-order valence-electron chi connectivity index (χ4n) is 8.18. The summed E-state index contributed by atoms with van der Waals surface area (Å²) < 4.78 is 10.9. The van der Waals surface area contributed by atoms with Gasteiger partial charge in [-0.3, -0.25) is 9.59 Å². The molecule has 4 nitrogen and oxygen atoms in total. The molecule has 2 aromatic rings. The van der Waals surface area contributed by atoms with Gasteiger partial charge >= 0.3 is 11.9 Å². The standard InChI is InChI=1S/C38H42O4/c1-3-41-35(39)21-23-37(31-17-9-5-13-27(31)28-14-6-10-18-32(28)37)25-26-38(24-22-36(40)42-4-2)33-19-11-7-15-29(33)30-16-8-12-20-34(30)38/h5,7,9,11,13-20H,3-4,6,8,10,12,21-26H2,1-2H3. The summed E-state index contributed by atoms with van der Waals surface area (Å²) in [6.45, 7) is 4.54. The van der Waals surface area contributed by atoms with Gasteiger partial charge in [0.1, 0.15) is 0 Å². The van der Waals surface area contributed by atoms with Crippen molar-refractivity contribution >= 4 is 23.1 Å². The molecule has 0 saturated heterocycles. The van der Waals surface area contributed by atoms with Gasteiger partial charge in [0.2, 0.25) is 0 Å². The zero-order chi connectivity index (χ0) is 29.2. The third-order valence-corrected chi connectivity index (χ3v) is 9.91. The quantitative estimate of drug-likeness (QED) is 0.258. The van der Waals surface area contributed by atoms with E-state index >= 15 is 0 Å². The molecule has 42 heavy (non-hydrogen) atoms. The third-order valence-electron chi connectivity index (χ3n) is 9.91. The molecule has 218 valence electrons. The normalized spacial score (nSPS) is 23.4. The highest BCUT2D eigenvalue weighted by molar-refractivity contribution is 5.92. The van der Waals surface area contributed by atoms with Crippen LogP contribution in [-0.2, 0) is 29.9 Å². The monoisotopic (exact) mass is 562 g/mol. The predicted molar refractivity (Wildman–Crippen MR) is 168 cm³/mol. The second-order valence-electron chi connectivity index (χ2n) is 12.0. The molecular formula is C38H42O4. The lowest BCUT2D eigenvalue weighted by Gasteiger charge is -2.39. The van der Waals surface area contributed by atoms with E-state index in [0.717, 1.165) is 38.5 Å². The van der Waals surface area contributed by atoms with Gasteiger partial charge in [0.15, 0.2) is 0 Å². The SMILES string of the molecule is CCOC(=O)CCC1(CCC2(CCC(=O)OCC)C3=CCCC=C3c3ccccc32)C2=CCCC=C2c2ccccc21. The first kappa shape index (κ1) is 28.5. The molecule has 0 fully saturated rings. The number of esters is 2. The smallest absolute Gasteiger partial charge is 0.305 e. The molecule has 0 saturated carbocycles. The highest BCUT2D eigenvalue weighted by Gasteiger charge is 2.50. The van der Waals surface area contributed by atoms with Crippen LogP contribution < -0.4 is 0 Å². The lowest BCUT2D eigenvalue weighted by molar-refractivity contribution is -0.144. The molecule has 2 aromatic carbocycles. The molecule has 0 aromatic heterocycles. The zero-order valence-corrected chi connectivity index (χ0v) is 25.0. The minimum atomic E-state index is -0.289. The first-order valence-corrected chi connectivity index (χ1v) is 15.9. The molecule has 6 rings (SSSR count). The highest BCUT2D eigenvalue weighted by Crippen LogP contribution is 2.61. The lowest BCUT2D eigenvalue weighted by atomic mass is 9.63. The van der Waals surface area contributed by atoms with E-state index < -0.39 is 0 Å². The maximum Gasteiger partial charge on any atom is 0.305 e. The molecule has 0 bridgehead atoms. The number of fused-ring (bicyclic) bond motifs is 6. The van der Waals surface area contributed by atoms with E-state index in [9.17, 15) is 9.59 Å². The van der Waals surface area contributed by atoms with E-state index in [2.05, 4.69) is 72.8 Å². The van der Waals surface area contributed by atoms with Crippen LogP contribution in [-0.4, -0.2) is 25.2 Å². The van der Waals surface area contributed by atoms with Crippen molar-refractivity contribution < 1.29 is 19.1 Å². The molecular weight excluding hydrogens is 520 g/mol. The van der Waals surface area contributed by atoms with Crippen molar-refractivity contribution in [3.8, 4) is 0 Å². The number of allylic oxidation sites excluding steroid dienone is 8. The number of hydrogen-bond acceptors (Lipinski definition) is 4. The number of hydrogen-bond donors (Lipinski definition) is 0. The number of carbonyl (C=O) groups excluding carboxylic acids is 2. The van der Waals surface area contributed by atoms with Gasteiger partial charge in [-0.25, -0.2) is 0 Å². The summed E-state index contributed by atoms with van der Waals surface area (Å²) in [5, 5.41) is 0. The van der Waals surface area contributed by atoms with Crippen LogP contribution >= 0.6 is 0 Å². The third kappa shape index (κ3) is 4.79. The Morgan fingerprint density at radius 2 is 1.00 bits per heavy atom. The summed E-state index contributed by atoms with van der Waals surface area (Å²) in [5.74, 6) is -0.265. The van der Waals surface area contributed by atoms with E-state index in [0.29, 0.717) is 38.9 Å². The Hall–Kier alpha value is -3.66. The second-order valence-corrected chi connectivity index (χ2v) is 12.0. The van der Waals surface area contributed by atoms with E-state index in [-0.39, 0.29) is 22.8 Å². The molecule has 4 heteroatoms. The summed E-state index contributed by atoms with van der Waals surface area (Å²) in [6, 6.07) is 17.6. The fourth-order valence-corrected chi connectivity index (χ4v) is 8.18. The van der Waals surface area contributed by atoms with Crippen molar-refractivity contribution in [3.63, 3.8) is 0 Å². The Morgan fingerprint density at radius 3 is 1.43 bits per heavy atom. The van der Waals surface area contributed by atoms with Gasteiger partial charge in [0, 0.05) is 23.7 Å². The highest BCUT2D eigenvalue weighted by atomic mass is 16.5. The van der Waals surface area contributed by atoms with Crippen molar-refractivity contribution in [3.05, 3.63) is 106 Å². The summed E-state index contributed by atoms with van der Waals surface area (Å²) in [7, 11) is 0. The largest absolute Gasteiger partial charge is 0.466 e.